The van der Waals surface area contributed by atoms with Crippen molar-refractivity contribution >= 4 is 24.0 Å². The van der Waals surface area contributed by atoms with Gasteiger partial charge in [0.1, 0.15) is 0 Å². The largest absolute Gasteiger partial charge is 0.488 e. The highest BCUT2D eigenvalue weighted by atomic mass is 16.4. The van der Waals surface area contributed by atoms with Crippen LogP contribution in [-0.4, -0.2) is 22.2 Å². The normalized spacial score (nSPS) is 9.88. The van der Waals surface area contributed by atoms with Crippen LogP contribution in [0, 0.1) is 0 Å². The zero-order chi connectivity index (χ0) is 11.4. The SMILES string of the molecule is OB(O)c1cccc(Nc2ccncc2)c1. The van der Waals surface area contributed by atoms with E-state index in [4.69, 9.17) is 10.0 Å². The summed E-state index contributed by atoms with van der Waals surface area (Å²) in [7, 11) is -1.45. The zero-order valence-electron chi connectivity index (χ0n) is 8.54. The molecular weight excluding hydrogens is 203 g/mol. The summed E-state index contributed by atoms with van der Waals surface area (Å²) in [6.07, 6.45) is 3.38. The van der Waals surface area contributed by atoms with E-state index in [0.717, 1.165) is 11.4 Å². The van der Waals surface area contributed by atoms with Crippen molar-refractivity contribution in [3.8, 4) is 0 Å². The molecule has 0 unspecified atom stereocenters. The van der Waals surface area contributed by atoms with Gasteiger partial charge in [0, 0.05) is 23.8 Å². The first-order valence-electron chi connectivity index (χ1n) is 4.89. The van der Waals surface area contributed by atoms with E-state index in [2.05, 4.69) is 10.3 Å². The Morgan fingerprint density at radius 1 is 1.00 bits per heavy atom. The molecule has 0 fully saturated rings. The van der Waals surface area contributed by atoms with Crippen LogP contribution in [-0.2, 0) is 0 Å². The molecule has 0 saturated carbocycles. The van der Waals surface area contributed by atoms with Gasteiger partial charge in [-0.3, -0.25) is 4.98 Å². The van der Waals surface area contributed by atoms with Crippen molar-refractivity contribution in [1.82, 2.24) is 4.98 Å². The fourth-order valence-electron chi connectivity index (χ4n) is 1.38. The van der Waals surface area contributed by atoms with Gasteiger partial charge < -0.3 is 15.4 Å². The minimum absolute atomic E-state index is 0.457. The second-order valence-electron chi connectivity index (χ2n) is 3.36. The summed E-state index contributed by atoms with van der Waals surface area (Å²) in [6.45, 7) is 0. The van der Waals surface area contributed by atoms with Crippen LogP contribution >= 0.6 is 0 Å². The van der Waals surface area contributed by atoms with Crippen molar-refractivity contribution in [1.29, 1.82) is 0 Å². The average molecular weight is 214 g/mol. The van der Waals surface area contributed by atoms with Crippen LogP contribution in [0.25, 0.3) is 0 Å². The molecule has 1 heterocycles. The molecule has 0 aliphatic heterocycles. The highest BCUT2D eigenvalue weighted by Crippen LogP contribution is 2.13. The maximum absolute atomic E-state index is 9.03. The number of nitrogens with one attached hydrogen (secondary N) is 1. The fraction of sp³-hybridized carbons (Fsp3) is 0. The Bertz CT molecular complexity index is 463. The van der Waals surface area contributed by atoms with Gasteiger partial charge in [0.2, 0.25) is 0 Å². The molecule has 80 valence electrons. The van der Waals surface area contributed by atoms with Gasteiger partial charge in [-0.2, -0.15) is 0 Å². The number of aromatic nitrogens is 1. The molecule has 0 aliphatic carbocycles. The van der Waals surface area contributed by atoms with Crippen molar-refractivity contribution in [3.05, 3.63) is 48.8 Å². The summed E-state index contributed by atoms with van der Waals surface area (Å²) < 4.78 is 0. The molecule has 1 aromatic carbocycles. The molecule has 2 aromatic rings. The van der Waals surface area contributed by atoms with Crippen LogP contribution in [0.1, 0.15) is 0 Å². The lowest BCUT2D eigenvalue weighted by atomic mass is 9.80. The maximum atomic E-state index is 9.03. The molecule has 0 spiro atoms. The van der Waals surface area contributed by atoms with E-state index in [1.165, 1.54) is 0 Å². The standard InChI is InChI=1S/C11H11BN2O2/c15-12(16)9-2-1-3-11(8-9)14-10-4-6-13-7-5-10/h1-8,15-16H,(H,13,14). The summed E-state index contributed by atoms with van der Waals surface area (Å²) in [5, 5.41) is 21.2. The lowest BCUT2D eigenvalue weighted by Gasteiger charge is -2.07. The summed E-state index contributed by atoms with van der Waals surface area (Å²) in [5.74, 6) is 0. The van der Waals surface area contributed by atoms with Crippen LogP contribution in [0.5, 0.6) is 0 Å². The average Bonchev–Trinajstić information content (AvgIpc) is 2.30. The van der Waals surface area contributed by atoms with Gasteiger partial charge in [0.25, 0.3) is 0 Å². The van der Waals surface area contributed by atoms with E-state index in [9.17, 15) is 0 Å². The second kappa shape index (κ2) is 4.78. The number of pyridine rings is 1. The summed E-state index contributed by atoms with van der Waals surface area (Å²) in [4.78, 5) is 3.91. The molecule has 3 N–H and O–H groups in total. The van der Waals surface area contributed by atoms with Gasteiger partial charge in [-0.05, 0) is 29.7 Å². The van der Waals surface area contributed by atoms with E-state index in [-0.39, 0.29) is 0 Å². The number of rotatable bonds is 3. The number of hydrogen-bond donors (Lipinski definition) is 3. The Balaban J connectivity index is 2.19. The third-order valence-corrected chi connectivity index (χ3v) is 2.15. The monoisotopic (exact) mass is 214 g/mol. The van der Waals surface area contributed by atoms with Crippen LogP contribution in [0.4, 0.5) is 11.4 Å². The van der Waals surface area contributed by atoms with Gasteiger partial charge >= 0.3 is 7.12 Å². The van der Waals surface area contributed by atoms with E-state index >= 15 is 0 Å². The Hall–Kier alpha value is -1.85. The lowest BCUT2D eigenvalue weighted by Crippen LogP contribution is -2.29. The first-order chi connectivity index (χ1) is 7.75. The Morgan fingerprint density at radius 3 is 2.44 bits per heavy atom. The van der Waals surface area contributed by atoms with Crippen LogP contribution in [0.3, 0.4) is 0 Å². The molecule has 0 aliphatic rings. The Morgan fingerprint density at radius 2 is 1.75 bits per heavy atom. The third-order valence-electron chi connectivity index (χ3n) is 2.15. The molecule has 4 nitrogen and oxygen atoms in total. The van der Waals surface area contributed by atoms with Crippen molar-refractivity contribution in [2.24, 2.45) is 0 Å². The minimum atomic E-state index is -1.45. The topological polar surface area (TPSA) is 65.4 Å². The quantitative estimate of drug-likeness (QED) is 0.651. The molecule has 2 rings (SSSR count). The first-order valence-corrected chi connectivity index (χ1v) is 4.89. The van der Waals surface area contributed by atoms with E-state index in [1.807, 2.05) is 18.2 Å². The second-order valence-corrected chi connectivity index (χ2v) is 3.36. The van der Waals surface area contributed by atoms with Crippen molar-refractivity contribution in [3.63, 3.8) is 0 Å². The molecule has 5 heteroatoms. The Labute approximate surface area is 93.7 Å². The van der Waals surface area contributed by atoms with Gasteiger partial charge in [-0.1, -0.05) is 12.1 Å². The van der Waals surface area contributed by atoms with Crippen LogP contribution in [0.15, 0.2) is 48.8 Å². The van der Waals surface area contributed by atoms with Crippen molar-refractivity contribution in [2.45, 2.75) is 0 Å². The van der Waals surface area contributed by atoms with E-state index < -0.39 is 7.12 Å². The van der Waals surface area contributed by atoms with Crippen LogP contribution < -0.4 is 10.8 Å². The lowest BCUT2D eigenvalue weighted by molar-refractivity contribution is 0.426. The number of nitrogens with zero attached hydrogens (tertiary/aromatic N) is 1. The molecule has 0 atom stereocenters. The van der Waals surface area contributed by atoms with Gasteiger partial charge in [0.15, 0.2) is 0 Å². The molecular formula is C11H11BN2O2. The van der Waals surface area contributed by atoms with E-state index in [0.29, 0.717) is 5.46 Å². The molecule has 1 aromatic heterocycles. The molecule has 0 bridgehead atoms. The predicted octanol–water partition coefficient (Wildman–Crippen LogP) is 0.505. The Kier molecular flexibility index (Phi) is 3.19. The predicted molar refractivity (Wildman–Crippen MR) is 63.8 cm³/mol. The van der Waals surface area contributed by atoms with Crippen molar-refractivity contribution < 1.29 is 10.0 Å². The van der Waals surface area contributed by atoms with Gasteiger partial charge in [-0.15, -0.1) is 0 Å². The maximum Gasteiger partial charge on any atom is 0.488 e. The van der Waals surface area contributed by atoms with Gasteiger partial charge in [0.05, 0.1) is 0 Å². The minimum Gasteiger partial charge on any atom is -0.423 e. The summed E-state index contributed by atoms with van der Waals surface area (Å²) in [6, 6.07) is 10.6. The van der Waals surface area contributed by atoms with Gasteiger partial charge in [-0.25, -0.2) is 0 Å². The van der Waals surface area contributed by atoms with Crippen LogP contribution in [0.2, 0.25) is 0 Å². The smallest absolute Gasteiger partial charge is 0.423 e. The third kappa shape index (κ3) is 2.59. The summed E-state index contributed by atoms with van der Waals surface area (Å²) >= 11 is 0. The summed E-state index contributed by atoms with van der Waals surface area (Å²) in [5.41, 5.74) is 2.16. The number of benzene rings is 1. The molecule has 0 radical (unpaired) electrons. The molecule has 16 heavy (non-hydrogen) atoms. The zero-order valence-corrected chi connectivity index (χ0v) is 8.54. The first kappa shape index (κ1) is 10.7. The van der Waals surface area contributed by atoms with E-state index in [1.54, 1.807) is 30.6 Å². The van der Waals surface area contributed by atoms with Crippen molar-refractivity contribution in [2.75, 3.05) is 5.32 Å². The number of hydrogen-bond acceptors (Lipinski definition) is 4. The number of anilines is 2. The molecule has 0 saturated heterocycles. The highest BCUT2D eigenvalue weighted by Gasteiger charge is 2.10. The highest BCUT2D eigenvalue weighted by molar-refractivity contribution is 6.58. The molecule has 0 amide bonds. The fourth-order valence-corrected chi connectivity index (χ4v) is 1.38.